The number of unbranched alkanes of at least 4 members (excludes halogenated alkanes) is 1. The van der Waals surface area contributed by atoms with Crippen LogP contribution in [0.5, 0.6) is 5.88 Å². The van der Waals surface area contributed by atoms with Crippen LogP contribution in [0.25, 0.3) is 11.3 Å². The molecule has 3 aromatic rings. The summed E-state index contributed by atoms with van der Waals surface area (Å²) in [7, 11) is 0. The average molecular weight is 939 g/mol. The number of quaternary nitrogens is 1. The predicted molar refractivity (Wildman–Crippen MR) is 265 cm³/mol. The Morgan fingerprint density at radius 3 is 2.01 bits per heavy atom. The molecule has 5 N–H and O–H groups in total. The maximum atomic E-state index is 13.8. The summed E-state index contributed by atoms with van der Waals surface area (Å²) < 4.78 is 47.5. The second kappa shape index (κ2) is 27.2. The minimum Gasteiger partial charge on any atom is -0.478 e. The number of nitrogens with zero attached hydrogens (tertiary/aromatic N) is 4. The largest absolute Gasteiger partial charge is 0.478 e. The first kappa shape index (κ1) is 58.2. The number of halogens is 3. The van der Waals surface area contributed by atoms with Gasteiger partial charge in [0.25, 0.3) is 5.95 Å². The molecule has 11 nitrogen and oxygen atoms in total. The second-order valence-electron chi connectivity index (χ2n) is 18.4. The normalized spacial score (nSPS) is 15.3. The molecular weight excluding hydrogens is 860 g/mol. The SMILES string of the molecule is C/C=C(/C=C(\C)C1(C(F)(F)F)CC1)C(\C)=N\C(=C/C)C(CCC)CCCCC(C)COc1cc(-c2c(C)cccc2C)nc(N[N+](O)(O)c2cccc(C(=O)O)c2)n1.CC(C)O.CCC(C)C. The quantitative estimate of drug-likeness (QED) is 0.0231. The molecule has 1 fully saturated rings. The van der Waals surface area contributed by atoms with E-state index in [0.717, 1.165) is 72.9 Å². The van der Waals surface area contributed by atoms with E-state index in [2.05, 4.69) is 50.0 Å². The molecule has 1 saturated carbocycles. The molecule has 0 amide bonds. The van der Waals surface area contributed by atoms with Crippen LogP contribution < -0.4 is 15.1 Å². The van der Waals surface area contributed by atoms with Crippen LogP contribution >= 0.6 is 0 Å². The van der Waals surface area contributed by atoms with Gasteiger partial charge in [-0.05, 0) is 122 Å². The van der Waals surface area contributed by atoms with Gasteiger partial charge in [-0.3, -0.25) is 4.99 Å². The molecule has 1 aliphatic rings. The van der Waals surface area contributed by atoms with Crippen molar-refractivity contribution in [3.63, 3.8) is 0 Å². The number of aliphatic hydroxyl groups is 1. The van der Waals surface area contributed by atoms with Crippen LogP contribution in [0.2, 0.25) is 0 Å². The fraction of sp³-hybridized carbons (Fsp3) is 0.547. The average Bonchev–Trinajstić information content (AvgIpc) is 4.08. The zero-order valence-corrected chi connectivity index (χ0v) is 42.3. The van der Waals surface area contributed by atoms with E-state index in [1.807, 2.05) is 65.0 Å². The zero-order valence-electron chi connectivity index (χ0n) is 42.3. The fourth-order valence-corrected chi connectivity index (χ4v) is 7.36. The molecule has 2 atom stereocenters. The number of carboxylic acids is 1. The molecule has 0 bridgehead atoms. The van der Waals surface area contributed by atoms with Gasteiger partial charge in [0.15, 0.2) is 0 Å². The van der Waals surface area contributed by atoms with E-state index in [9.17, 15) is 33.5 Å². The van der Waals surface area contributed by atoms with Crippen LogP contribution in [0.1, 0.15) is 155 Å². The number of hydrogen-bond acceptors (Lipinski definition) is 9. The lowest BCUT2D eigenvalue weighted by Gasteiger charge is -2.21. The monoisotopic (exact) mass is 939 g/mol. The number of aryl methyl sites for hydroxylation is 2. The molecule has 0 spiro atoms. The van der Waals surface area contributed by atoms with Crippen molar-refractivity contribution in [2.24, 2.45) is 28.2 Å². The Kier molecular flexibility index (Phi) is 23.6. The Balaban J connectivity index is 0.00000156. The highest BCUT2D eigenvalue weighted by Crippen LogP contribution is 2.62. The molecule has 1 aromatic heterocycles. The molecule has 67 heavy (non-hydrogen) atoms. The first-order chi connectivity index (χ1) is 31.4. The van der Waals surface area contributed by atoms with E-state index in [4.69, 9.17) is 14.8 Å². The number of aromatic carboxylic acids is 1. The minimum atomic E-state index is -4.25. The molecule has 1 heterocycles. The van der Waals surface area contributed by atoms with E-state index < -0.39 is 22.5 Å². The van der Waals surface area contributed by atoms with Crippen LogP contribution in [0.15, 0.2) is 88.6 Å². The predicted octanol–water partition coefficient (Wildman–Crippen LogP) is 14.6. The summed E-state index contributed by atoms with van der Waals surface area (Å²) in [5.41, 5.74) is 6.46. The first-order valence-corrected chi connectivity index (χ1v) is 23.7. The number of nitrogens with one attached hydrogen (secondary N) is 1. The maximum absolute atomic E-state index is 13.8. The molecule has 1 aliphatic carbocycles. The van der Waals surface area contributed by atoms with Crippen molar-refractivity contribution in [3.8, 4) is 17.1 Å². The number of anilines is 1. The number of carbonyl (C=O) groups is 1. The van der Waals surface area contributed by atoms with Crippen molar-refractivity contribution in [2.75, 3.05) is 12.0 Å². The number of carboxylic acid groups (broad SMARTS) is 1. The van der Waals surface area contributed by atoms with Crippen LogP contribution in [0.4, 0.5) is 24.8 Å². The number of aliphatic hydroxyl groups excluding tert-OH is 1. The van der Waals surface area contributed by atoms with Crippen LogP contribution in [0, 0.1) is 37.0 Å². The molecule has 0 radical (unpaired) electrons. The Morgan fingerprint density at radius 1 is 0.925 bits per heavy atom. The van der Waals surface area contributed by atoms with Gasteiger partial charge < -0.3 is 14.9 Å². The van der Waals surface area contributed by atoms with Gasteiger partial charge in [-0.1, -0.05) is 108 Å². The van der Waals surface area contributed by atoms with Crippen molar-refractivity contribution < 1.29 is 43.3 Å². The van der Waals surface area contributed by atoms with Crippen LogP contribution in [0.3, 0.4) is 0 Å². The fourth-order valence-electron chi connectivity index (χ4n) is 7.36. The Hall–Kier alpha value is -4.89. The number of aliphatic imine (C=N–C) groups is 1. The molecule has 4 rings (SSSR count). The van der Waals surface area contributed by atoms with E-state index in [0.29, 0.717) is 29.2 Å². The van der Waals surface area contributed by atoms with Crippen molar-refractivity contribution in [2.45, 2.75) is 160 Å². The van der Waals surface area contributed by atoms with Crippen molar-refractivity contribution >= 4 is 23.3 Å². The van der Waals surface area contributed by atoms with Gasteiger partial charge in [0.2, 0.25) is 11.6 Å². The molecule has 372 valence electrons. The molecule has 2 aromatic carbocycles. The highest BCUT2D eigenvalue weighted by molar-refractivity contribution is 6.01. The van der Waals surface area contributed by atoms with E-state index in [1.165, 1.54) is 24.6 Å². The third-order valence-electron chi connectivity index (χ3n) is 11.8. The summed E-state index contributed by atoms with van der Waals surface area (Å²) in [6.45, 7) is 25.8. The summed E-state index contributed by atoms with van der Waals surface area (Å²) in [5, 5.41) is 39.4. The lowest BCUT2D eigenvalue weighted by Crippen LogP contribution is -2.48. The number of alkyl halides is 3. The zero-order chi connectivity index (χ0) is 50.7. The van der Waals surface area contributed by atoms with E-state index >= 15 is 0 Å². The maximum Gasteiger partial charge on any atom is 0.398 e. The third-order valence-corrected chi connectivity index (χ3v) is 11.8. The highest BCUT2D eigenvalue weighted by Gasteiger charge is 2.64. The standard InChI is InChI=1S/C45H58F3N5O5.C5H12.C3H8O/c1-9-16-35(38(11-3)49-33(8)34(10-2)25-32(7)44(23-24-44)45(46,47)48)20-13-12-17-29(4)28-58-40-27-39(41-30(5)18-14-19-31(41)6)50-43(51-40)52-53(56,57)37-22-15-21-36(26-37)42(54)55;1-4-5(2)3;1-3(2)4/h10-11,14-15,18-19,21-22,25-27,29,35,56-57H,9,12-13,16-17,20,23-24,28H2,1-8H3,(H-,50,51,52,54,55);5H,4H2,1-3H3;3-4H,1-2H3/p+1/b32-25+,34-10-,38-11-,49-33+;;. The van der Waals surface area contributed by atoms with Crippen molar-refractivity contribution in [1.82, 2.24) is 14.9 Å². The summed E-state index contributed by atoms with van der Waals surface area (Å²) in [6.07, 6.45) is 8.29. The van der Waals surface area contributed by atoms with Gasteiger partial charge in [0.05, 0.1) is 28.2 Å². The molecule has 0 saturated heterocycles. The van der Waals surface area contributed by atoms with Crippen molar-refractivity contribution in [3.05, 3.63) is 100 Å². The highest BCUT2D eigenvalue weighted by atomic mass is 19.4. The summed E-state index contributed by atoms with van der Waals surface area (Å²) in [4.78, 5) is 23.6. The Bertz CT molecular complexity index is 2130. The summed E-state index contributed by atoms with van der Waals surface area (Å²) >= 11 is 0. The van der Waals surface area contributed by atoms with Gasteiger partial charge in [0, 0.05) is 47.2 Å². The van der Waals surface area contributed by atoms with Gasteiger partial charge in [0.1, 0.15) is 0 Å². The molecule has 14 heteroatoms. The number of hydrogen-bond donors (Lipinski definition) is 5. The number of ether oxygens (including phenoxy) is 1. The smallest absolute Gasteiger partial charge is 0.398 e. The van der Waals surface area contributed by atoms with Gasteiger partial charge in [-0.25, -0.2) is 9.78 Å². The lowest BCUT2D eigenvalue weighted by molar-refractivity contribution is -0.273. The number of rotatable bonds is 21. The third kappa shape index (κ3) is 18.6. The number of allylic oxidation sites excluding steroid dienone is 6. The Labute approximate surface area is 398 Å². The second-order valence-corrected chi connectivity index (χ2v) is 18.4. The Morgan fingerprint density at radius 2 is 1.51 bits per heavy atom. The van der Waals surface area contributed by atoms with Crippen LogP contribution in [-0.4, -0.2) is 61.2 Å². The minimum absolute atomic E-state index is 0.127. The number of aromatic nitrogens is 2. The molecule has 2 unspecified atom stereocenters. The van der Waals surface area contributed by atoms with E-state index in [-0.39, 0.29) is 53.9 Å². The number of benzene rings is 2. The van der Waals surface area contributed by atoms with Crippen LogP contribution in [-0.2, 0) is 0 Å². The topological polar surface area (TPSA) is 157 Å². The van der Waals surface area contributed by atoms with Gasteiger partial charge >= 0.3 is 12.1 Å². The van der Waals surface area contributed by atoms with E-state index in [1.54, 1.807) is 32.9 Å². The molecular formula is C53H79F3N5O6+. The van der Waals surface area contributed by atoms with Gasteiger partial charge in [-0.2, -0.15) is 18.2 Å². The lowest BCUT2D eigenvalue weighted by atomic mass is 9.91. The van der Waals surface area contributed by atoms with Gasteiger partial charge in [-0.15, -0.1) is 15.8 Å². The molecule has 0 aliphatic heterocycles. The summed E-state index contributed by atoms with van der Waals surface area (Å²) in [6, 6.07) is 12.8. The van der Waals surface area contributed by atoms with Crippen molar-refractivity contribution in [1.29, 1.82) is 0 Å². The first-order valence-electron chi connectivity index (χ1n) is 23.7. The summed E-state index contributed by atoms with van der Waals surface area (Å²) in [5.74, 6) is 0.124.